The summed E-state index contributed by atoms with van der Waals surface area (Å²) in [7, 11) is 2.38. The van der Waals surface area contributed by atoms with Crippen molar-refractivity contribution < 1.29 is 32.6 Å². The van der Waals surface area contributed by atoms with Crippen molar-refractivity contribution in [1.29, 1.82) is 0 Å². The molecule has 2 aliphatic rings. The Morgan fingerprint density at radius 3 is 2.20 bits per heavy atom. The monoisotopic (exact) mass is 544 g/mol. The van der Waals surface area contributed by atoms with Crippen LogP contribution in [-0.2, 0) is 23.9 Å². The maximum absolute atomic E-state index is 14.5. The second-order valence-electron chi connectivity index (χ2n) is 9.54. The van der Waals surface area contributed by atoms with Crippen LogP contribution in [0.1, 0.15) is 29.4 Å². The molecule has 1 aliphatic heterocycles. The Kier molecular flexibility index (Phi) is 7.21. The number of carbonyl (C=O) groups excluding carboxylic acids is 3. The highest BCUT2D eigenvalue weighted by atomic mass is 19.1. The summed E-state index contributed by atoms with van der Waals surface area (Å²) in [4.78, 5) is 42.3. The fourth-order valence-corrected chi connectivity index (χ4v) is 5.65. The van der Waals surface area contributed by atoms with Crippen LogP contribution in [0.2, 0.25) is 0 Å². The molecule has 0 unspecified atom stereocenters. The highest BCUT2D eigenvalue weighted by Crippen LogP contribution is 2.51. The minimum absolute atomic E-state index is 0.0679. The smallest absolute Gasteiger partial charge is 0.338 e. The lowest BCUT2D eigenvalue weighted by Gasteiger charge is -2.44. The van der Waals surface area contributed by atoms with Crippen molar-refractivity contribution in [1.82, 2.24) is 0 Å². The Bertz CT molecular complexity index is 1550. The van der Waals surface area contributed by atoms with Gasteiger partial charge in [0, 0.05) is 17.2 Å². The van der Waals surface area contributed by atoms with Gasteiger partial charge in [0.15, 0.2) is 5.78 Å². The number of benzene rings is 3. The van der Waals surface area contributed by atoms with Gasteiger partial charge in [0.25, 0.3) is 0 Å². The van der Waals surface area contributed by atoms with Gasteiger partial charge in [0.05, 0.1) is 31.4 Å². The lowest BCUT2D eigenvalue weighted by Crippen LogP contribution is -2.46. The van der Waals surface area contributed by atoms with Crippen molar-refractivity contribution in [3.63, 3.8) is 0 Å². The molecule has 0 aromatic heterocycles. The van der Waals surface area contributed by atoms with Gasteiger partial charge in [-0.25, -0.2) is 13.6 Å². The summed E-state index contributed by atoms with van der Waals surface area (Å²) in [6.45, 7) is 0. The van der Waals surface area contributed by atoms with Gasteiger partial charge in [-0.15, -0.1) is 0 Å². The van der Waals surface area contributed by atoms with Gasteiger partial charge in [0.2, 0.25) is 0 Å². The zero-order valence-corrected chi connectivity index (χ0v) is 21.8. The Labute approximate surface area is 229 Å². The number of hydrogen-bond donors (Lipinski definition) is 1. The molecule has 3 atom stereocenters. The molecule has 0 fully saturated rings. The zero-order chi connectivity index (χ0) is 28.6. The molecule has 204 valence electrons. The van der Waals surface area contributed by atoms with Crippen LogP contribution in [0.4, 0.5) is 14.5 Å². The van der Waals surface area contributed by atoms with Crippen LogP contribution in [0.3, 0.4) is 0 Å². The summed E-state index contributed by atoms with van der Waals surface area (Å²) >= 11 is 0. The van der Waals surface area contributed by atoms with Crippen molar-refractivity contribution in [3.05, 3.63) is 124 Å². The lowest BCUT2D eigenvalue weighted by molar-refractivity contribution is -0.150. The minimum Gasteiger partial charge on any atom is -0.468 e. The molecule has 2 N–H and O–H groups in total. The molecule has 5 rings (SSSR count). The molecule has 40 heavy (non-hydrogen) atoms. The summed E-state index contributed by atoms with van der Waals surface area (Å²) in [6.07, 6.45) is 0.133. The Morgan fingerprint density at radius 2 is 1.57 bits per heavy atom. The van der Waals surface area contributed by atoms with E-state index in [0.29, 0.717) is 11.3 Å². The molecule has 0 amide bonds. The van der Waals surface area contributed by atoms with Crippen molar-refractivity contribution >= 4 is 23.4 Å². The van der Waals surface area contributed by atoms with E-state index in [1.807, 2.05) is 18.2 Å². The van der Waals surface area contributed by atoms with Gasteiger partial charge < -0.3 is 15.2 Å². The molecule has 7 nitrogen and oxygen atoms in total. The van der Waals surface area contributed by atoms with Crippen LogP contribution in [0.5, 0.6) is 0 Å². The van der Waals surface area contributed by atoms with Crippen LogP contribution < -0.4 is 10.6 Å². The molecule has 0 spiro atoms. The number of ether oxygens (including phenoxy) is 2. The van der Waals surface area contributed by atoms with Gasteiger partial charge in [-0.3, -0.25) is 14.5 Å². The predicted molar refractivity (Wildman–Crippen MR) is 143 cm³/mol. The number of carbonyl (C=O) groups is 3. The van der Waals surface area contributed by atoms with Crippen molar-refractivity contribution in [2.75, 3.05) is 19.1 Å². The maximum atomic E-state index is 14.5. The van der Waals surface area contributed by atoms with Crippen molar-refractivity contribution in [3.8, 4) is 0 Å². The van der Waals surface area contributed by atoms with E-state index in [4.69, 9.17) is 15.2 Å². The average molecular weight is 545 g/mol. The average Bonchev–Trinajstić information content (AvgIpc) is 2.96. The fraction of sp³-hybridized carbons (Fsp3) is 0.194. The molecule has 9 heteroatoms. The van der Waals surface area contributed by atoms with Crippen molar-refractivity contribution in [2.24, 2.45) is 11.7 Å². The maximum Gasteiger partial charge on any atom is 0.338 e. The standard InChI is InChI=1S/C31H26F2N2O5/c1-39-30(37)25-22(17-7-4-3-5-8-17)16-23-26(28(25)36)24(18-11-13-19(32)14-12-18)27(31(38)40-2)29(34)35(23)21-10-6-9-20(33)15-21/h3-15,22,24-25H,16,34H2,1-2H3/t22-,24+,25-/m1/s1. The first-order valence-electron chi connectivity index (χ1n) is 12.6. The molecule has 0 bridgehead atoms. The quantitative estimate of drug-likeness (QED) is 0.367. The zero-order valence-electron chi connectivity index (χ0n) is 21.8. The van der Waals surface area contributed by atoms with E-state index in [1.165, 1.54) is 61.6 Å². The number of esters is 2. The summed E-state index contributed by atoms with van der Waals surface area (Å²) in [5, 5.41) is 0. The Hall–Kier alpha value is -4.79. The first kappa shape index (κ1) is 26.8. The normalized spacial score (nSPS) is 20.8. The van der Waals surface area contributed by atoms with E-state index < -0.39 is 47.1 Å². The molecular formula is C31H26F2N2O5. The number of Topliss-reactive ketones (excluding diaryl/α,β-unsaturated/α-hetero) is 1. The lowest BCUT2D eigenvalue weighted by atomic mass is 9.67. The predicted octanol–water partition coefficient (Wildman–Crippen LogP) is 4.71. The third-order valence-corrected chi connectivity index (χ3v) is 7.40. The second kappa shape index (κ2) is 10.8. The molecule has 3 aromatic rings. The topological polar surface area (TPSA) is 98.9 Å². The molecule has 0 radical (unpaired) electrons. The van der Waals surface area contributed by atoms with E-state index in [1.54, 1.807) is 18.2 Å². The number of methoxy groups -OCH3 is 2. The van der Waals surface area contributed by atoms with Gasteiger partial charge >= 0.3 is 11.9 Å². The van der Waals surface area contributed by atoms with Gasteiger partial charge in [0.1, 0.15) is 23.4 Å². The SMILES string of the molecule is COC(=O)C1=C(N)N(c2cccc(F)c2)C2=C(C(=O)[C@H](C(=O)OC)[C@@H](c3ccccc3)C2)[C@@H]1c1ccc(F)cc1. The highest BCUT2D eigenvalue weighted by Gasteiger charge is 2.51. The number of rotatable bonds is 5. The van der Waals surface area contributed by atoms with Crippen molar-refractivity contribution in [2.45, 2.75) is 18.3 Å². The minimum atomic E-state index is -1.23. The fourth-order valence-electron chi connectivity index (χ4n) is 5.65. The highest BCUT2D eigenvalue weighted by molar-refractivity contribution is 6.14. The van der Waals surface area contributed by atoms with Crippen LogP contribution in [0.25, 0.3) is 0 Å². The number of ketones is 1. The van der Waals surface area contributed by atoms with E-state index in [-0.39, 0.29) is 29.1 Å². The summed E-state index contributed by atoms with van der Waals surface area (Å²) in [5.74, 6) is -6.23. The van der Waals surface area contributed by atoms with E-state index in [2.05, 4.69) is 0 Å². The van der Waals surface area contributed by atoms with Gasteiger partial charge in [-0.05, 0) is 47.9 Å². The molecule has 1 aliphatic carbocycles. The number of allylic oxidation sites excluding steroid dienone is 2. The van der Waals surface area contributed by atoms with E-state index in [0.717, 1.165) is 5.56 Å². The van der Waals surface area contributed by atoms with Crippen LogP contribution in [-0.4, -0.2) is 31.9 Å². The largest absolute Gasteiger partial charge is 0.468 e. The first-order valence-corrected chi connectivity index (χ1v) is 12.6. The number of hydrogen-bond acceptors (Lipinski definition) is 7. The first-order chi connectivity index (χ1) is 19.3. The molecular weight excluding hydrogens is 518 g/mol. The van der Waals surface area contributed by atoms with E-state index >= 15 is 0 Å². The number of anilines is 1. The molecule has 1 heterocycles. The summed E-state index contributed by atoms with van der Waals surface area (Å²) in [5.41, 5.74) is 8.47. The number of halogens is 2. The van der Waals surface area contributed by atoms with Crippen LogP contribution >= 0.6 is 0 Å². The number of nitrogens with two attached hydrogens (primary N) is 1. The van der Waals surface area contributed by atoms with Crippen LogP contribution in [0.15, 0.2) is 102 Å². The Balaban J connectivity index is 1.83. The Morgan fingerprint density at radius 1 is 0.875 bits per heavy atom. The number of nitrogens with zero attached hydrogens (tertiary/aromatic N) is 1. The molecule has 3 aromatic carbocycles. The summed E-state index contributed by atoms with van der Waals surface area (Å²) < 4.78 is 38.5. The van der Waals surface area contributed by atoms with Gasteiger partial charge in [-0.2, -0.15) is 0 Å². The van der Waals surface area contributed by atoms with Crippen LogP contribution in [0, 0.1) is 17.6 Å². The third kappa shape index (κ3) is 4.53. The molecule has 0 saturated carbocycles. The van der Waals surface area contributed by atoms with Gasteiger partial charge in [-0.1, -0.05) is 48.5 Å². The summed E-state index contributed by atoms with van der Waals surface area (Å²) in [6, 6.07) is 19.9. The molecule has 0 saturated heterocycles. The van der Waals surface area contributed by atoms with E-state index in [9.17, 15) is 23.2 Å². The second-order valence-corrected chi connectivity index (χ2v) is 9.54. The third-order valence-electron chi connectivity index (χ3n) is 7.40.